The summed E-state index contributed by atoms with van der Waals surface area (Å²) in [5.74, 6) is 7.79. The van der Waals surface area contributed by atoms with E-state index in [0.717, 1.165) is 83.1 Å². The van der Waals surface area contributed by atoms with Crippen molar-refractivity contribution in [2.24, 2.45) is 0 Å². The van der Waals surface area contributed by atoms with Crippen LogP contribution in [-0.4, -0.2) is 60.1 Å². The summed E-state index contributed by atoms with van der Waals surface area (Å²) in [6, 6.07) is 21.1. The van der Waals surface area contributed by atoms with E-state index in [1.165, 1.54) is 4.90 Å². The fourth-order valence-corrected chi connectivity index (χ4v) is 6.52. The van der Waals surface area contributed by atoms with E-state index >= 15 is 0 Å². The van der Waals surface area contributed by atoms with Gasteiger partial charge in [-0.2, -0.15) is 0 Å². The van der Waals surface area contributed by atoms with Gasteiger partial charge in [0, 0.05) is 18.7 Å². The van der Waals surface area contributed by atoms with Crippen LogP contribution in [0.25, 0.3) is 28.1 Å². The molecule has 2 amide bonds. The maximum absolute atomic E-state index is 13.1. The number of hydrogen-bond acceptors (Lipinski definition) is 5. The van der Waals surface area contributed by atoms with Gasteiger partial charge in [0.15, 0.2) is 0 Å². The Kier molecular flexibility index (Phi) is 8.60. The summed E-state index contributed by atoms with van der Waals surface area (Å²) in [4.78, 5) is 44.3. The lowest BCUT2D eigenvalue weighted by atomic mass is 10.0. The third-order valence-corrected chi connectivity index (χ3v) is 8.92. The molecule has 10 nitrogen and oxygen atoms in total. The van der Waals surface area contributed by atoms with Crippen molar-refractivity contribution >= 4 is 40.3 Å². The Labute approximate surface area is 272 Å². The number of aromatic amines is 2. The number of carbonyl (C=O) groups is 2. The number of carbonyl (C=O) groups excluding carboxylic acids is 1. The molecule has 4 heterocycles. The smallest absolute Gasteiger partial charge is 0.410 e. The summed E-state index contributed by atoms with van der Waals surface area (Å²) in [5.41, 5.74) is 6.16. The summed E-state index contributed by atoms with van der Waals surface area (Å²) in [6.07, 6.45) is 7.94. The number of allylic oxidation sites excluding steroid dienone is 1. The molecule has 2 aliphatic rings. The van der Waals surface area contributed by atoms with E-state index in [2.05, 4.69) is 26.8 Å². The number of carboxylic acid groups (broad SMARTS) is 1. The van der Waals surface area contributed by atoms with Crippen molar-refractivity contribution < 1.29 is 19.4 Å². The molecular formula is C37H36N6O4. The van der Waals surface area contributed by atoms with Gasteiger partial charge >= 0.3 is 12.2 Å². The highest BCUT2D eigenvalue weighted by Gasteiger charge is 2.32. The highest BCUT2D eigenvalue weighted by molar-refractivity contribution is 5.79. The number of hydrogen-bond donors (Lipinski definition) is 3. The number of ether oxygens (including phenoxy) is 1. The zero-order valence-corrected chi connectivity index (χ0v) is 26.0. The Bertz CT molecular complexity index is 2000. The van der Waals surface area contributed by atoms with Crippen LogP contribution in [0.2, 0.25) is 0 Å². The molecule has 2 atom stereocenters. The number of H-pyrrole nitrogens is 2. The predicted octanol–water partition coefficient (Wildman–Crippen LogP) is 7.57. The monoisotopic (exact) mass is 628 g/mol. The van der Waals surface area contributed by atoms with Crippen molar-refractivity contribution in [1.29, 1.82) is 0 Å². The van der Waals surface area contributed by atoms with Gasteiger partial charge < -0.3 is 19.8 Å². The molecule has 3 N–H and O–H groups in total. The number of fused-ring (bicyclic) bond motifs is 2. The second-order valence-electron chi connectivity index (χ2n) is 12.1. The maximum Gasteiger partial charge on any atom is 0.410 e. The van der Waals surface area contributed by atoms with Gasteiger partial charge in [-0.25, -0.2) is 19.6 Å². The molecule has 0 radical (unpaired) electrons. The summed E-state index contributed by atoms with van der Waals surface area (Å²) in [5, 5.41) is 9.61. The van der Waals surface area contributed by atoms with Gasteiger partial charge in [0.25, 0.3) is 0 Å². The lowest BCUT2D eigenvalue weighted by Gasteiger charge is -2.33. The second-order valence-corrected chi connectivity index (χ2v) is 12.1. The van der Waals surface area contributed by atoms with Crippen molar-refractivity contribution in [2.45, 2.75) is 57.2 Å². The number of piperidine rings is 2. The minimum atomic E-state index is -0.905. The minimum absolute atomic E-state index is 0.168. The van der Waals surface area contributed by atoms with Gasteiger partial charge in [0.1, 0.15) is 18.3 Å². The SMILES string of the molecule is O=C(O)N1CCCC[C@H]1c1nc2ccc(C=CC#Cc3ccc4nc([C@@H]5CCCCN5C(=O)OCc5ccccc5)[nH]c4c3)cc2[nH]1. The number of nitrogens with one attached hydrogen (secondary N) is 2. The Morgan fingerprint density at radius 2 is 1.51 bits per heavy atom. The van der Waals surface area contributed by atoms with E-state index in [0.29, 0.717) is 18.9 Å². The first-order valence-corrected chi connectivity index (χ1v) is 16.2. The minimum Gasteiger partial charge on any atom is -0.465 e. The van der Waals surface area contributed by atoms with Gasteiger partial charge in [-0.1, -0.05) is 48.2 Å². The Morgan fingerprint density at radius 1 is 0.851 bits per heavy atom. The highest BCUT2D eigenvalue weighted by atomic mass is 16.6. The van der Waals surface area contributed by atoms with Crippen molar-refractivity contribution in [1.82, 2.24) is 29.7 Å². The molecule has 0 unspecified atom stereocenters. The molecule has 2 aliphatic heterocycles. The molecule has 10 heteroatoms. The van der Waals surface area contributed by atoms with E-state index in [-0.39, 0.29) is 24.8 Å². The lowest BCUT2D eigenvalue weighted by molar-refractivity contribution is 0.0661. The summed E-state index contributed by atoms with van der Waals surface area (Å²) in [7, 11) is 0. The van der Waals surface area contributed by atoms with E-state index < -0.39 is 6.09 Å². The first-order chi connectivity index (χ1) is 23.0. The third kappa shape index (κ3) is 6.70. The lowest BCUT2D eigenvalue weighted by Crippen LogP contribution is -2.39. The van der Waals surface area contributed by atoms with Gasteiger partial charge in [-0.15, -0.1) is 0 Å². The largest absolute Gasteiger partial charge is 0.465 e. The first-order valence-electron chi connectivity index (χ1n) is 16.2. The quantitative estimate of drug-likeness (QED) is 0.172. The molecule has 0 aliphatic carbocycles. The molecule has 2 fully saturated rings. The van der Waals surface area contributed by atoms with Gasteiger partial charge in [0.05, 0.1) is 34.2 Å². The van der Waals surface area contributed by atoms with Crippen LogP contribution in [0.3, 0.4) is 0 Å². The zero-order chi connectivity index (χ0) is 32.2. The summed E-state index contributed by atoms with van der Waals surface area (Å²) >= 11 is 0. The zero-order valence-electron chi connectivity index (χ0n) is 26.0. The Morgan fingerprint density at radius 3 is 2.23 bits per heavy atom. The summed E-state index contributed by atoms with van der Waals surface area (Å²) < 4.78 is 5.65. The van der Waals surface area contributed by atoms with Gasteiger partial charge in [-0.3, -0.25) is 9.80 Å². The highest BCUT2D eigenvalue weighted by Crippen LogP contribution is 2.32. The number of rotatable bonds is 5. The Balaban J connectivity index is 1.02. The molecule has 5 aromatic rings. The average Bonchev–Trinajstić information content (AvgIpc) is 3.73. The van der Waals surface area contributed by atoms with Crippen LogP contribution in [-0.2, 0) is 11.3 Å². The molecule has 238 valence electrons. The Hall–Kier alpha value is -5.56. The van der Waals surface area contributed by atoms with Crippen molar-refractivity contribution in [2.75, 3.05) is 13.1 Å². The fourth-order valence-electron chi connectivity index (χ4n) is 6.52. The van der Waals surface area contributed by atoms with E-state index in [1.54, 1.807) is 4.90 Å². The number of likely N-dealkylation sites (tertiary alicyclic amines) is 2. The number of imidazole rings is 2. The maximum atomic E-state index is 13.1. The molecule has 7 rings (SSSR count). The molecular weight excluding hydrogens is 592 g/mol. The van der Waals surface area contributed by atoms with Gasteiger partial charge in [0.2, 0.25) is 0 Å². The van der Waals surface area contributed by atoms with Crippen LogP contribution in [0, 0.1) is 11.8 Å². The number of nitrogens with zero attached hydrogens (tertiary/aromatic N) is 4. The number of amides is 2. The standard InChI is InChI=1S/C37H36N6O4/c44-36(45)42-20-8-6-14-32(42)34-38-28-18-16-25(22-30(28)40-34)10-4-5-11-26-17-19-29-31(23-26)41-35(39-29)33-15-7-9-21-43(33)37(46)47-24-27-12-2-1-3-13-27/h1-4,10,12-13,16-19,22-23,32-33H,6-9,14-15,20-21,24H2,(H,38,40)(H,39,41)(H,44,45)/t32-,33-/m0/s1. The van der Waals surface area contributed by atoms with E-state index in [4.69, 9.17) is 9.72 Å². The topological polar surface area (TPSA) is 127 Å². The molecule has 0 saturated carbocycles. The van der Waals surface area contributed by atoms with Crippen LogP contribution in [0.5, 0.6) is 0 Å². The number of benzene rings is 3. The summed E-state index contributed by atoms with van der Waals surface area (Å²) in [6.45, 7) is 1.41. The first kappa shape index (κ1) is 30.1. The van der Waals surface area contributed by atoms with E-state index in [9.17, 15) is 14.7 Å². The predicted molar refractivity (Wildman–Crippen MR) is 179 cm³/mol. The molecule has 47 heavy (non-hydrogen) atoms. The average molecular weight is 629 g/mol. The fraction of sp³-hybridized carbons (Fsp3) is 0.297. The molecule has 0 bridgehead atoms. The van der Waals surface area contributed by atoms with Crippen molar-refractivity contribution in [3.8, 4) is 11.8 Å². The normalized spacial score (nSPS) is 18.4. The van der Waals surface area contributed by atoms with Crippen LogP contribution < -0.4 is 0 Å². The second kappa shape index (κ2) is 13.4. The van der Waals surface area contributed by atoms with E-state index in [1.807, 2.05) is 78.9 Å². The van der Waals surface area contributed by atoms with Crippen LogP contribution in [0.4, 0.5) is 9.59 Å². The number of aromatic nitrogens is 4. The third-order valence-electron chi connectivity index (χ3n) is 8.92. The van der Waals surface area contributed by atoms with Crippen molar-refractivity contribution in [3.05, 3.63) is 101 Å². The van der Waals surface area contributed by atoms with Crippen LogP contribution in [0.1, 0.15) is 78.9 Å². The van der Waals surface area contributed by atoms with Crippen molar-refractivity contribution in [3.63, 3.8) is 0 Å². The molecule has 3 aromatic carbocycles. The van der Waals surface area contributed by atoms with Crippen LogP contribution in [0.15, 0.2) is 72.8 Å². The molecule has 0 spiro atoms. The molecule has 2 saturated heterocycles. The molecule has 2 aromatic heterocycles. The van der Waals surface area contributed by atoms with Crippen LogP contribution >= 0.6 is 0 Å². The van der Waals surface area contributed by atoms with Gasteiger partial charge in [-0.05, 0) is 92.1 Å².